The van der Waals surface area contributed by atoms with Gasteiger partial charge < -0.3 is 29.0 Å². The maximum atomic E-state index is 12.5. The van der Waals surface area contributed by atoms with Gasteiger partial charge in [0.1, 0.15) is 18.8 Å². The quantitative estimate of drug-likeness (QED) is 0.393. The fourth-order valence-electron chi connectivity index (χ4n) is 2.83. The summed E-state index contributed by atoms with van der Waals surface area (Å²) in [6.45, 7) is 3.57. The molecule has 1 rings (SSSR count). The number of hydrogen-bond donors (Lipinski definition) is 1. The molecule has 0 aromatic carbocycles. The number of amides is 1. The molecule has 0 saturated carbocycles. The third-order valence-electron chi connectivity index (χ3n) is 3.95. The molecule has 1 saturated heterocycles. The van der Waals surface area contributed by atoms with Crippen molar-refractivity contribution in [3.05, 3.63) is 0 Å². The van der Waals surface area contributed by atoms with E-state index in [1.165, 1.54) is 0 Å². The van der Waals surface area contributed by atoms with Crippen molar-refractivity contribution in [1.82, 2.24) is 5.32 Å². The molecule has 0 aromatic heterocycles. The maximum absolute atomic E-state index is 12.5. The number of alkyl halides is 3. The van der Waals surface area contributed by atoms with Crippen LogP contribution in [-0.4, -0.2) is 73.2 Å². The first-order chi connectivity index (χ1) is 14.7. The smallest absolute Gasteiger partial charge is 0.389 e. The summed E-state index contributed by atoms with van der Waals surface area (Å²) in [6.07, 6.45) is -13.0. The molecule has 1 amide bonds. The van der Waals surface area contributed by atoms with Gasteiger partial charge in [0, 0.05) is 34.1 Å². The summed E-state index contributed by atoms with van der Waals surface area (Å²) in [6, 6.07) is -1.54. The van der Waals surface area contributed by atoms with E-state index in [9.17, 15) is 37.1 Å². The van der Waals surface area contributed by atoms with Crippen LogP contribution in [0, 0.1) is 0 Å². The Labute approximate surface area is 180 Å². The first-order valence-corrected chi connectivity index (χ1v) is 9.36. The normalized spacial score (nSPS) is 25.3. The molecule has 11 nitrogen and oxygen atoms in total. The molecule has 0 bridgehead atoms. The monoisotopic (exact) mass is 471 g/mol. The van der Waals surface area contributed by atoms with E-state index in [0.29, 0.717) is 0 Å². The summed E-state index contributed by atoms with van der Waals surface area (Å²) >= 11 is 0. The van der Waals surface area contributed by atoms with Crippen LogP contribution in [-0.2, 0) is 47.7 Å². The van der Waals surface area contributed by atoms with E-state index in [4.69, 9.17) is 23.7 Å². The summed E-state index contributed by atoms with van der Waals surface area (Å²) < 4.78 is 63.0. The van der Waals surface area contributed by atoms with Crippen molar-refractivity contribution in [2.24, 2.45) is 0 Å². The van der Waals surface area contributed by atoms with Gasteiger partial charge in [-0.25, -0.2) is 0 Å². The summed E-state index contributed by atoms with van der Waals surface area (Å²) in [4.78, 5) is 58.1. The fraction of sp³-hybridized carbons (Fsp3) is 0.722. The van der Waals surface area contributed by atoms with Gasteiger partial charge in [-0.1, -0.05) is 0 Å². The molecule has 32 heavy (non-hydrogen) atoms. The van der Waals surface area contributed by atoms with Crippen LogP contribution >= 0.6 is 0 Å². The Morgan fingerprint density at radius 1 is 0.844 bits per heavy atom. The predicted octanol–water partition coefficient (Wildman–Crippen LogP) is 0.528. The fourth-order valence-corrected chi connectivity index (χ4v) is 2.83. The standard InChI is InChI=1S/C18H24F3NO10/c1-8(23)28-7-12-15(29-9(2)24)16(30-10(3)25)14(17(32-12)31-11(4)26)22-13(27)5-6-18(19,20)21/h12,14-17H,5-7H2,1-4H3,(H,22,27). The molecule has 14 heteroatoms. The van der Waals surface area contributed by atoms with E-state index in [-0.39, 0.29) is 0 Å². The van der Waals surface area contributed by atoms with E-state index >= 15 is 0 Å². The van der Waals surface area contributed by atoms with Crippen LogP contribution < -0.4 is 5.32 Å². The highest BCUT2D eigenvalue weighted by Crippen LogP contribution is 2.28. The Morgan fingerprint density at radius 2 is 1.38 bits per heavy atom. The number of halogens is 3. The zero-order chi connectivity index (χ0) is 24.6. The molecule has 5 atom stereocenters. The minimum Gasteiger partial charge on any atom is -0.463 e. The van der Waals surface area contributed by atoms with Gasteiger partial charge in [0.2, 0.25) is 12.2 Å². The van der Waals surface area contributed by atoms with Crippen molar-refractivity contribution in [3.8, 4) is 0 Å². The van der Waals surface area contributed by atoms with Crippen molar-refractivity contribution in [3.63, 3.8) is 0 Å². The highest BCUT2D eigenvalue weighted by Gasteiger charge is 2.52. The molecule has 182 valence electrons. The zero-order valence-corrected chi connectivity index (χ0v) is 17.7. The number of hydrogen-bond acceptors (Lipinski definition) is 10. The Morgan fingerprint density at radius 3 is 1.84 bits per heavy atom. The molecule has 0 aliphatic carbocycles. The van der Waals surface area contributed by atoms with Gasteiger partial charge in [-0.05, 0) is 0 Å². The Kier molecular flexibility index (Phi) is 9.87. The largest absolute Gasteiger partial charge is 0.463 e. The molecule has 1 aliphatic rings. The van der Waals surface area contributed by atoms with Crippen molar-refractivity contribution >= 4 is 29.8 Å². The third kappa shape index (κ3) is 9.49. The molecular weight excluding hydrogens is 447 g/mol. The number of carbonyl (C=O) groups is 5. The topological polar surface area (TPSA) is 144 Å². The van der Waals surface area contributed by atoms with E-state index in [1.807, 2.05) is 0 Å². The Bertz CT molecular complexity index is 726. The highest BCUT2D eigenvalue weighted by atomic mass is 19.4. The van der Waals surface area contributed by atoms with E-state index in [2.05, 4.69) is 5.32 Å². The summed E-state index contributed by atoms with van der Waals surface area (Å²) in [7, 11) is 0. The van der Waals surface area contributed by atoms with Crippen LogP contribution in [0.4, 0.5) is 13.2 Å². The van der Waals surface area contributed by atoms with Gasteiger partial charge in [-0.15, -0.1) is 0 Å². The summed E-state index contributed by atoms with van der Waals surface area (Å²) in [5, 5.41) is 2.17. The van der Waals surface area contributed by atoms with Crippen molar-refractivity contribution in [1.29, 1.82) is 0 Å². The maximum Gasteiger partial charge on any atom is 0.389 e. The highest BCUT2D eigenvalue weighted by molar-refractivity contribution is 5.76. The molecule has 1 heterocycles. The third-order valence-corrected chi connectivity index (χ3v) is 3.95. The Balaban J connectivity index is 3.28. The minimum atomic E-state index is -4.61. The van der Waals surface area contributed by atoms with E-state index in [0.717, 1.165) is 27.7 Å². The van der Waals surface area contributed by atoms with Crippen LogP contribution in [0.5, 0.6) is 0 Å². The average Bonchev–Trinajstić information content (AvgIpc) is 2.61. The lowest BCUT2D eigenvalue weighted by atomic mass is 9.95. The van der Waals surface area contributed by atoms with Gasteiger partial charge in [-0.2, -0.15) is 13.2 Å². The predicted molar refractivity (Wildman–Crippen MR) is 95.4 cm³/mol. The number of nitrogens with one attached hydrogen (secondary N) is 1. The van der Waals surface area contributed by atoms with Crippen LogP contribution in [0.2, 0.25) is 0 Å². The Hall–Kier alpha value is -2.90. The van der Waals surface area contributed by atoms with Gasteiger partial charge in [-0.3, -0.25) is 24.0 Å². The lowest BCUT2D eigenvalue weighted by Crippen LogP contribution is -2.67. The lowest BCUT2D eigenvalue weighted by molar-refractivity contribution is -0.271. The number of carbonyl (C=O) groups excluding carboxylic acids is 5. The number of rotatable bonds is 8. The van der Waals surface area contributed by atoms with Gasteiger partial charge in [0.15, 0.2) is 12.2 Å². The minimum absolute atomic E-state index is 0.516. The van der Waals surface area contributed by atoms with Gasteiger partial charge in [0.25, 0.3) is 0 Å². The van der Waals surface area contributed by atoms with Crippen molar-refractivity contribution in [2.45, 2.75) is 77.4 Å². The zero-order valence-electron chi connectivity index (χ0n) is 17.7. The molecule has 5 unspecified atom stereocenters. The second-order valence-electron chi connectivity index (χ2n) is 6.81. The van der Waals surface area contributed by atoms with Crippen LogP contribution in [0.25, 0.3) is 0 Å². The second kappa shape index (κ2) is 11.6. The van der Waals surface area contributed by atoms with Crippen LogP contribution in [0.3, 0.4) is 0 Å². The molecule has 0 spiro atoms. The average molecular weight is 471 g/mol. The number of ether oxygens (including phenoxy) is 5. The first-order valence-electron chi connectivity index (χ1n) is 9.36. The molecule has 0 radical (unpaired) electrons. The molecule has 1 N–H and O–H groups in total. The summed E-state index contributed by atoms with van der Waals surface area (Å²) in [5.74, 6) is -4.52. The SMILES string of the molecule is CC(=O)OCC1OC(OC(C)=O)C(NC(=O)CCC(F)(F)F)C(OC(C)=O)C1OC(C)=O. The van der Waals surface area contributed by atoms with Crippen LogP contribution in [0.1, 0.15) is 40.5 Å². The van der Waals surface area contributed by atoms with Gasteiger partial charge >= 0.3 is 30.1 Å². The summed E-state index contributed by atoms with van der Waals surface area (Å²) in [5.41, 5.74) is 0. The lowest BCUT2D eigenvalue weighted by Gasteiger charge is -2.44. The van der Waals surface area contributed by atoms with Crippen molar-refractivity contribution < 1.29 is 60.8 Å². The second-order valence-corrected chi connectivity index (χ2v) is 6.81. The van der Waals surface area contributed by atoms with Crippen LogP contribution in [0.15, 0.2) is 0 Å². The van der Waals surface area contributed by atoms with Crippen molar-refractivity contribution in [2.75, 3.05) is 6.61 Å². The molecule has 1 aliphatic heterocycles. The molecule has 0 aromatic rings. The van der Waals surface area contributed by atoms with E-state index < -0.39 is 86.1 Å². The number of esters is 4. The first kappa shape index (κ1) is 27.1. The molecular formula is C18H24F3NO10. The molecule has 1 fully saturated rings. The van der Waals surface area contributed by atoms with E-state index in [1.54, 1.807) is 0 Å². The van der Waals surface area contributed by atoms with Gasteiger partial charge in [0.05, 0.1) is 6.42 Å².